The smallest absolute Gasteiger partial charge is 0.169 e. The van der Waals surface area contributed by atoms with Gasteiger partial charge in [0.1, 0.15) is 0 Å². The van der Waals surface area contributed by atoms with Crippen molar-refractivity contribution in [1.29, 1.82) is 0 Å². The number of carbonyl (C=O) groups is 2. The topological polar surface area (TPSA) is 34.1 Å². The molecule has 48 valence electrons. The molecule has 1 rings (SSSR count). The van der Waals surface area contributed by atoms with Crippen molar-refractivity contribution in [3.8, 4) is 0 Å². The molecule has 0 aromatic heterocycles. The molecule has 9 heavy (non-hydrogen) atoms. The zero-order valence-electron chi connectivity index (χ0n) is 5.47. The average molecular weight is 124 g/mol. The monoisotopic (exact) mass is 124 g/mol. The van der Waals surface area contributed by atoms with Crippen LogP contribution in [-0.2, 0) is 9.59 Å². The summed E-state index contributed by atoms with van der Waals surface area (Å²) in [4.78, 5) is 21.6. The largest absolute Gasteiger partial charge is 0.294 e. The Labute approximate surface area is 53.6 Å². The van der Waals surface area contributed by atoms with Crippen LogP contribution >= 0.6 is 0 Å². The molecule has 0 saturated carbocycles. The minimum atomic E-state index is -0.778. The first-order valence-electron chi connectivity index (χ1n) is 2.82. The molecular formula is C7H8O2. The number of allylic oxidation sites excluding steroid dienone is 2. The maximum absolute atomic E-state index is 10.8. The number of ketones is 2. The van der Waals surface area contributed by atoms with Gasteiger partial charge in [0.25, 0.3) is 0 Å². The van der Waals surface area contributed by atoms with E-state index in [-0.39, 0.29) is 11.6 Å². The van der Waals surface area contributed by atoms with Crippen LogP contribution < -0.4 is 0 Å². The molecule has 2 heteroatoms. The standard InChI is InChI=1S/C7H8O2/c1-7(2)5(8)3-4-6(7)9/h3-4H,1-2H3. The molecule has 1 aliphatic carbocycles. The molecule has 2 nitrogen and oxygen atoms in total. The molecule has 0 radical (unpaired) electrons. The average Bonchev–Trinajstić information content (AvgIpc) is 1.96. The van der Waals surface area contributed by atoms with Crippen LogP contribution in [0.15, 0.2) is 12.2 Å². The minimum absolute atomic E-state index is 0.0903. The Bertz CT molecular complexity index is 179. The third-order valence-corrected chi connectivity index (χ3v) is 1.62. The summed E-state index contributed by atoms with van der Waals surface area (Å²) in [5.41, 5.74) is -0.778. The summed E-state index contributed by atoms with van der Waals surface area (Å²) in [5.74, 6) is -0.181. The molecule has 0 bridgehead atoms. The van der Waals surface area contributed by atoms with E-state index >= 15 is 0 Å². The first kappa shape index (κ1) is 6.20. The van der Waals surface area contributed by atoms with Crippen molar-refractivity contribution in [2.45, 2.75) is 13.8 Å². The molecular weight excluding hydrogens is 116 g/mol. The summed E-state index contributed by atoms with van der Waals surface area (Å²) in [6.07, 6.45) is 2.67. The van der Waals surface area contributed by atoms with E-state index in [2.05, 4.69) is 0 Å². The van der Waals surface area contributed by atoms with E-state index in [1.165, 1.54) is 12.2 Å². The van der Waals surface area contributed by atoms with Gasteiger partial charge in [-0.15, -0.1) is 0 Å². The molecule has 0 aliphatic heterocycles. The van der Waals surface area contributed by atoms with E-state index in [1.54, 1.807) is 13.8 Å². The second-order valence-corrected chi connectivity index (χ2v) is 2.69. The highest BCUT2D eigenvalue weighted by atomic mass is 16.2. The van der Waals surface area contributed by atoms with Crippen molar-refractivity contribution in [3.05, 3.63) is 12.2 Å². The van der Waals surface area contributed by atoms with Crippen LogP contribution in [0, 0.1) is 5.41 Å². The summed E-state index contributed by atoms with van der Waals surface area (Å²) in [6, 6.07) is 0. The Morgan fingerprint density at radius 1 is 1.11 bits per heavy atom. The highest BCUT2D eigenvalue weighted by Gasteiger charge is 2.36. The predicted octanol–water partition coefficient (Wildman–Crippen LogP) is 0.721. The normalized spacial score (nSPS) is 23.3. The van der Waals surface area contributed by atoms with Crippen LogP contribution in [-0.4, -0.2) is 11.6 Å². The molecule has 0 spiro atoms. The molecule has 0 heterocycles. The van der Waals surface area contributed by atoms with Gasteiger partial charge in [0, 0.05) is 0 Å². The van der Waals surface area contributed by atoms with Crippen molar-refractivity contribution < 1.29 is 9.59 Å². The predicted molar refractivity (Wildman–Crippen MR) is 32.9 cm³/mol. The van der Waals surface area contributed by atoms with Gasteiger partial charge in [0.15, 0.2) is 11.6 Å². The number of hydrogen-bond donors (Lipinski definition) is 0. The molecule has 0 atom stereocenters. The fraction of sp³-hybridized carbons (Fsp3) is 0.429. The van der Waals surface area contributed by atoms with Crippen molar-refractivity contribution >= 4 is 11.6 Å². The van der Waals surface area contributed by atoms with E-state index in [0.717, 1.165) is 0 Å². The van der Waals surface area contributed by atoms with E-state index in [9.17, 15) is 9.59 Å². The maximum Gasteiger partial charge on any atom is 0.169 e. The highest BCUT2D eigenvalue weighted by molar-refractivity contribution is 6.21. The van der Waals surface area contributed by atoms with Gasteiger partial charge in [0.2, 0.25) is 0 Å². The van der Waals surface area contributed by atoms with E-state index < -0.39 is 5.41 Å². The lowest BCUT2D eigenvalue weighted by atomic mass is 9.89. The summed E-state index contributed by atoms with van der Waals surface area (Å²) >= 11 is 0. The fourth-order valence-corrected chi connectivity index (χ4v) is 0.689. The first-order valence-corrected chi connectivity index (χ1v) is 2.82. The lowest BCUT2D eigenvalue weighted by Gasteiger charge is -2.10. The zero-order valence-corrected chi connectivity index (χ0v) is 5.47. The van der Waals surface area contributed by atoms with E-state index in [1.807, 2.05) is 0 Å². The van der Waals surface area contributed by atoms with Crippen LogP contribution in [0.25, 0.3) is 0 Å². The maximum atomic E-state index is 10.8. The van der Waals surface area contributed by atoms with Gasteiger partial charge < -0.3 is 0 Å². The Kier molecular flexibility index (Phi) is 1.05. The summed E-state index contributed by atoms with van der Waals surface area (Å²) < 4.78 is 0. The molecule has 0 amide bonds. The second-order valence-electron chi connectivity index (χ2n) is 2.69. The van der Waals surface area contributed by atoms with Crippen molar-refractivity contribution in [1.82, 2.24) is 0 Å². The minimum Gasteiger partial charge on any atom is -0.294 e. The summed E-state index contributed by atoms with van der Waals surface area (Å²) in [7, 11) is 0. The van der Waals surface area contributed by atoms with Gasteiger partial charge in [0.05, 0.1) is 5.41 Å². The lowest BCUT2D eigenvalue weighted by Crippen LogP contribution is -2.25. The van der Waals surface area contributed by atoms with E-state index in [0.29, 0.717) is 0 Å². The van der Waals surface area contributed by atoms with Gasteiger partial charge in [-0.2, -0.15) is 0 Å². The van der Waals surface area contributed by atoms with Crippen LogP contribution in [0.4, 0.5) is 0 Å². The first-order chi connectivity index (χ1) is 4.05. The van der Waals surface area contributed by atoms with Gasteiger partial charge >= 0.3 is 0 Å². The molecule has 0 fully saturated rings. The number of rotatable bonds is 0. The third-order valence-electron chi connectivity index (χ3n) is 1.62. The number of hydrogen-bond acceptors (Lipinski definition) is 2. The Morgan fingerprint density at radius 3 is 1.56 bits per heavy atom. The molecule has 1 aliphatic rings. The molecule has 0 N–H and O–H groups in total. The van der Waals surface area contributed by atoms with Crippen LogP contribution in [0.3, 0.4) is 0 Å². The summed E-state index contributed by atoms with van der Waals surface area (Å²) in [5, 5.41) is 0. The van der Waals surface area contributed by atoms with Crippen LogP contribution in [0.1, 0.15) is 13.8 Å². The highest BCUT2D eigenvalue weighted by Crippen LogP contribution is 2.24. The van der Waals surface area contributed by atoms with Gasteiger partial charge in [-0.25, -0.2) is 0 Å². The lowest BCUT2D eigenvalue weighted by molar-refractivity contribution is -0.131. The van der Waals surface area contributed by atoms with Gasteiger partial charge in [-0.3, -0.25) is 9.59 Å². The Balaban J connectivity index is 3.02. The fourth-order valence-electron chi connectivity index (χ4n) is 0.689. The van der Waals surface area contributed by atoms with Gasteiger partial charge in [-0.1, -0.05) is 0 Å². The van der Waals surface area contributed by atoms with Crippen molar-refractivity contribution in [2.24, 2.45) is 5.41 Å². The molecule has 0 aromatic rings. The molecule has 0 aromatic carbocycles. The molecule has 0 unspecified atom stereocenters. The SMILES string of the molecule is CC1(C)C(=O)C=CC1=O. The van der Waals surface area contributed by atoms with Crippen molar-refractivity contribution in [2.75, 3.05) is 0 Å². The van der Waals surface area contributed by atoms with Crippen LogP contribution in [0.5, 0.6) is 0 Å². The summed E-state index contributed by atoms with van der Waals surface area (Å²) in [6.45, 7) is 3.27. The number of carbonyl (C=O) groups excluding carboxylic acids is 2. The quantitative estimate of drug-likeness (QED) is 0.446. The Morgan fingerprint density at radius 2 is 1.44 bits per heavy atom. The third kappa shape index (κ3) is 0.707. The Hall–Kier alpha value is -0.920. The second kappa shape index (κ2) is 1.53. The van der Waals surface area contributed by atoms with Gasteiger partial charge in [-0.05, 0) is 26.0 Å². The zero-order chi connectivity index (χ0) is 7.07. The molecule has 0 saturated heterocycles. The van der Waals surface area contributed by atoms with Crippen LogP contribution in [0.2, 0.25) is 0 Å². The van der Waals surface area contributed by atoms with Crippen molar-refractivity contribution in [3.63, 3.8) is 0 Å². The van der Waals surface area contributed by atoms with E-state index in [4.69, 9.17) is 0 Å².